The second kappa shape index (κ2) is 6.91. The molecule has 2 saturated heterocycles. The van der Waals surface area contributed by atoms with Gasteiger partial charge in [0.2, 0.25) is 0 Å². The Hall–Kier alpha value is -1.55. The molecule has 0 spiro atoms. The van der Waals surface area contributed by atoms with Crippen molar-refractivity contribution in [2.45, 2.75) is 50.7 Å². The number of para-hydroxylation sites is 1. The van der Waals surface area contributed by atoms with Crippen molar-refractivity contribution in [2.24, 2.45) is 10.9 Å². The first kappa shape index (κ1) is 15.0. The Kier molecular flexibility index (Phi) is 4.51. The number of ether oxygens (including phenoxy) is 1. The van der Waals surface area contributed by atoms with Crippen LogP contribution < -0.4 is 5.32 Å². The second-order valence-electron chi connectivity index (χ2n) is 7.01. The van der Waals surface area contributed by atoms with Crippen molar-refractivity contribution in [1.29, 1.82) is 0 Å². The fourth-order valence-corrected chi connectivity index (χ4v) is 4.02. The fraction of sp³-hybridized carbons (Fsp3) is 0.632. The van der Waals surface area contributed by atoms with Gasteiger partial charge in [0.25, 0.3) is 0 Å². The summed E-state index contributed by atoms with van der Waals surface area (Å²) in [5.74, 6) is 1.71. The van der Waals surface area contributed by atoms with Gasteiger partial charge in [0.15, 0.2) is 5.96 Å². The van der Waals surface area contributed by atoms with Gasteiger partial charge in [-0.3, -0.25) is 0 Å². The van der Waals surface area contributed by atoms with Crippen molar-refractivity contribution in [3.05, 3.63) is 30.3 Å². The predicted molar refractivity (Wildman–Crippen MR) is 93.8 cm³/mol. The van der Waals surface area contributed by atoms with Gasteiger partial charge in [0.1, 0.15) is 0 Å². The van der Waals surface area contributed by atoms with Crippen LogP contribution in [0.3, 0.4) is 0 Å². The normalized spacial score (nSPS) is 31.2. The number of guanidine groups is 1. The molecule has 3 aliphatic rings. The van der Waals surface area contributed by atoms with E-state index in [0.717, 1.165) is 37.8 Å². The van der Waals surface area contributed by atoms with Crippen molar-refractivity contribution in [3.63, 3.8) is 0 Å². The van der Waals surface area contributed by atoms with E-state index in [2.05, 4.69) is 40.5 Å². The summed E-state index contributed by atoms with van der Waals surface area (Å²) in [5, 5.41) is 3.58. The highest BCUT2D eigenvalue weighted by Crippen LogP contribution is 2.40. The number of fused-ring (bicyclic) bond motifs is 1. The number of benzene rings is 1. The molecular weight excluding hydrogens is 286 g/mol. The van der Waals surface area contributed by atoms with E-state index in [9.17, 15) is 0 Å². The van der Waals surface area contributed by atoms with Crippen LogP contribution in [0.4, 0.5) is 5.69 Å². The molecule has 3 atom stereocenters. The summed E-state index contributed by atoms with van der Waals surface area (Å²) in [4.78, 5) is 7.57. The molecule has 0 radical (unpaired) electrons. The van der Waals surface area contributed by atoms with Gasteiger partial charge in [-0.05, 0) is 50.7 Å². The number of hydrogen-bond acceptors (Lipinski definition) is 2. The molecule has 4 nitrogen and oxygen atoms in total. The lowest BCUT2D eigenvalue weighted by Crippen LogP contribution is -2.51. The topological polar surface area (TPSA) is 36.9 Å². The molecule has 0 amide bonds. The number of anilines is 1. The minimum absolute atomic E-state index is 0.438. The Morgan fingerprint density at radius 3 is 2.70 bits per heavy atom. The SMILES string of the molecule is c1ccc(NC(=NC2CC3OCCCC23)N2CCCCC2)cc1. The van der Waals surface area contributed by atoms with Crippen LogP contribution in [0.1, 0.15) is 38.5 Å². The van der Waals surface area contributed by atoms with Crippen molar-refractivity contribution in [2.75, 3.05) is 25.0 Å². The molecule has 2 heterocycles. The van der Waals surface area contributed by atoms with Gasteiger partial charge in [0, 0.05) is 31.3 Å². The minimum atomic E-state index is 0.438. The van der Waals surface area contributed by atoms with Crippen LogP contribution in [0.5, 0.6) is 0 Å². The summed E-state index contributed by atoms with van der Waals surface area (Å²) >= 11 is 0. The third-order valence-corrected chi connectivity index (χ3v) is 5.43. The van der Waals surface area contributed by atoms with E-state index < -0.39 is 0 Å². The molecule has 4 rings (SSSR count). The molecule has 2 aliphatic heterocycles. The third kappa shape index (κ3) is 3.37. The fourth-order valence-electron chi connectivity index (χ4n) is 4.02. The van der Waals surface area contributed by atoms with Gasteiger partial charge in [-0.1, -0.05) is 18.2 Å². The smallest absolute Gasteiger partial charge is 0.198 e. The van der Waals surface area contributed by atoms with E-state index in [-0.39, 0.29) is 0 Å². The van der Waals surface area contributed by atoms with Gasteiger partial charge >= 0.3 is 0 Å². The van der Waals surface area contributed by atoms with Crippen LogP contribution in [0.15, 0.2) is 35.3 Å². The maximum atomic E-state index is 5.85. The molecule has 1 aromatic carbocycles. The lowest BCUT2D eigenvalue weighted by Gasteiger charge is -2.46. The molecule has 4 heteroatoms. The van der Waals surface area contributed by atoms with E-state index in [0.29, 0.717) is 18.1 Å². The highest BCUT2D eigenvalue weighted by Gasteiger charge is 2.43. The summed E-state index contributed by atoms with van der Waals surface area (Å²) in [6, 6.07) is 10.9. The van der Waals surface area contributed by atoms with E-state index >= 15 is 0 Å². The van der Waals surface area contributed by atoms with Crippen LogP contribution in [-0.4, -0.2) is 42.7 Å². The zero-order valence-electron chi connectivity index (χ0n) is 13.8. The number of piperidine rings is 1. The monoisotopic (exact) mass is 313 g/mol. The maximum Gasteiger partial charge on any atom is 0.198 e. The molecule has 124 valence electrons. The predicted octanol–water partition coefficient (Wildman–Crippen LogP) is 3.51. The van der Waals surface area contributed by atoms with Crippen LogP contribution in [0.2, 0.25) is 0 Å². The molecule has 3 unspecified atom stereocenters. The number of aliphatic imine (C=N–C) groups is 1. The molecule has 1 N–H and O–H groups in total. The zero-order valence-corrected chi connectivity index (χ0v) is 13.8. The van der Waals surface area contributed by atoms with Crippen molar-refractivity contribution in [3.8, 4) is 0 Å². The number of nitrogens with zero attached hydrogens (tertiary/aromatic N) is 2. The Labute approximate surface area is 138 Å². The highest BCUT2D eigenvalue weighted by atomic mass is 16.5. The highest BCUT2D eigenvalue weighted by molar-refractivity contribution is 5.93. The van der Waals surface area contributed by atoms with Crippen molar-refractivity contribution >= 4 is 11.6 Å². The van der Waals surface area contributed by atoms with Crippen LogP contribution in [0, 0.1) is 5.92 Å². The lowest BCUT2D eigenvalue weighted by molar-refractivity contribution is -0.0939. The average molecular weight is 313 g/mol. The first-order valence-corrected chi connectivity index (χ1v) is 9.16. The first-order chi connectivity index (χ1) is 11.4. The van der Waals surface area contributed by atoms with E-state index in [1.807, 2.05) is 0 Å². The van der Waals surface area contributed by atoms with Gasteiger partial charge in [-0.15, -0.1) is 0 Å². The number of hydrogen-bond donors (Lipinski definition) is 1. The van der Waals surface area contributed by atoms with Crippen LogP contribution in [-0.2, 0) is 4.74 Å². The first-order valence-electron chi connectivity index (χ1n) is 9.16. The standard InChI is InChI=1S/C19H27N3O/c1-3-8-15(9-4-1)20-19(22-11-5-2-6-12-22)21-17-14-18-16(17)10-7-13-23-18/h1,3-4,8-9,16-18H,2,5-7,10-14H2,(H,20,21). The van der Waals surface area contributed by atoms with Crippen molar-refractivity contribution in [1.82, 2.24) is 4.90 Å². The van der Waals surface area contributed by atoms with Gasteiger partial charge in [0.05, 0.1) is 12.1 Å². The summed E-state index contributed by atoms with van der Waals surface area (Å²) in [5.41, 5.74) is 1.13. The molecule has 3 fully saturated rings. The molecule has 1 aromatic rings. The van der Waals surface area contributed by atoms with Gasteiger partial charge < -0.3 is 15.0 Å². The molecule has 1 aliphatic carbocycles. The molecule has 0 bridgehead atoms. The molecular formula is C19H27N3O. The van der Waals surface area contributed by atoms with Gasteiger partial charge in [-0.25, -0.2) is 4.99 Å². The molecule has 1 saturated carbocycles. The van der Waals surface area contributed by atoms with E-state index in [1.165, 1.54) is 32.1 Å². The molecule has 0 aromatic heterocycles. The third-order valence-electron chi connectivity index (χ3n) is 5.43. The summed E-state index contributed by atoms with van der Waals surface area (Å²) in [7, 11) is 0. The summed E-state index contributed by atoms with van der Waals surface area (Å²) in [6.45, 7) is 3.19. The maximum absolute atomic E-state index is 5.85. The Morgan fingerprint density at radius 2 is 1.91 bits per heavy atom. The quantitative estimate of drug-likeness (QED) is 0.670. The minimum Gasteiger partial charge on any atom is -0.378 e. The summed E-state index contributed by atoms with van der Waals surface area (Å²) < 4.78 is 5.85. The Morgan fingerprint density at radius 1 is 1.09 bits per heavy atom. The van der Waals surface area contributed by atoms with Crippen molar-refractivity contribution < 1.29 is 4.74 Å². The Balaban J connectivity index is 1.50. The van der Waals surface area contributed by atoms with Crippen LogP contribution >= 0.6 is 0 Å². The van der Waals surface area contributed by atoms with Crippen LogP contribution in [0.25, 0.3) is 0 Å². The lowest BCUT2D eigenvalue weighted by atomic mass is 9.73. The van der Waals surface area contributed by atoms with E-state index in [4.69, 9.17) is 9.73 Å². The number of likely N-dealkylation sites (tertiary alicyclic amines) is 1. The van der Waals surface area contributed by atoms with E-state index in [1.54, 1.807) is 0 Å². The van der Waals surface area contributed by atoms with Gasteiger partial charge in [-0.2, -0.15) is 0 Å². The second-order valence-corrected chi connectivity index (χ2v) is 7.01. The number of rotatable bonds is 2. The summed E-state index contributed by atoms with van der Waals surface area (Å²) in [6.07, 6.45) is 7.92. The zero-order chi connectivity index (χ0) is 15.5. The number of nitrogens with one attached hydrogen (secondary N) is 1. The Bertz CT molecular complexity index is 539. The molecule has 23 heavy (non-hydrogen) atoms. The average Bonchev–Trinajstić information content (AvgIpc) is 2.60. The largest absolute Gasteiger partial charge is 0.378 e.